The average Bonchev–Trinajstić information content (AvgIpc) is 2.56. The van der Waals surface area contributed by atoms with Gasteiger partial charge in [-0.2, -0.15) is 0 Å². The highest BCUT2D eigenvalue weighted by molar-refractivity contribution is 6.35. The molecule has 122 valence electrons. The summed E-state index contributed by atoms with van der Waals surface area (Å²) in [5, 5.41) is 1.37. The molecule has 2 atom stereocenters. The SMILES string of the molecule is Clc1cccc(Cl)c1COC1CCCC[C@H]1N1CCOCC1. The number of hydrogen-bond acceptors (Lipinski definition) is 3. The Kier molecular flexibility index (Phi) is 6.00. The minimum atomic E-state index is 0.263. The van der Waals surface area contributed by atoms with Crippen molar-refractivity contribution in [2.45, 2.75) is 44.4 Å². The van der Waals surface area contributed by atoms with Crippen LogP contribution in [0.2, 0.25) is 10.0 Å². The van der Waals surface area contributed by atoms with Gasteiger partial charge in [0.15, 0.2) is 0 Å². The molecule has 1 aromatic rings. The molecule has 1 aromatic carbocycles. The summed E-state index contributed by atoms with van der Waals surface area (Å²) in [5.74, 6) is 0. The van der Waals surface area contributed by atoms with Gasteiger partial charge in [-0.05, 0) is 25.0 Å². The normalized spacial score (nSPS) is 27.0. The van der Waals surface area contributed by atoms with E-state index in [1.165, 1.54) is 19.3 Å². The van der Waals surface area contributed by atoms with E-state index >= 15 is 0 Å². The maximum absolute atomic E-state index is 6.25. The van der Waals surface area contributed by atoms with E-state index in [0.717, 1.165) is 38.3 Å². The van der Waals surface area contributed by atoms with E-state index in [-0.39, 0.29) is 6.10 Å². The number of halogens is 2. The second-order valence-electron chi connectivity index (χ2n) is 6.05. The molecule has 0 amide bonds. The van der Waals surface area contributed by atoms with Crippen molar-refractivity contribution in [3.63, 3.8) is 0 Å². The number of ether oxygens (including phenoxy) is 2. The van der Waals surface area contributed by atoms with E-state index in [2.05, 4.69) is 4.90 Å². The first-order valence-corrected chi connectivity index (χ1v) is 8.87. The molecule has 1 saturated carbocycles. The van der Waals surface area contributed by atoms with Crippen LogP contribution < -0.4 is 0 Å². The standard InChI is InChI=1S/C17H23Cl2NO2/c18-14-4-3-5-15(19)13(14)12-22-17-7-2-1-6-16(17)20-8-10-21-11-9-20/h3-5,16-17H,1-2,6-12H2/t16-,17?/m1/s1. The lowest BCUT2D eigenvalue weighted by molar-refractivity contribution is -0.0709. The van der Waals surface area contributed by atoms with Gasteiger partial charge in [-0.15, -0.1) is 0 Å². The van der Waals surface area contributed by atoms with Crippen LogP contribution in [-0.2, 0) is 16.1 Å². The van der Waals surface area contributed by atoms with Crippen LogP contribution >= 0.6 is 23.2 Å². The van der Waals surface area contributed by atoms with Crippen LogP contribution in [-0.4, -0.2) is 43.3 Å². The molecule has 1 unspecified atom stereocenters. The van der Waals surface area contributed by atoms with Crippen molar-refractivity contribution in [2.24, 2.45) is 0 Å². The summed E-state index contributed by atoms with van der Waals surface area (Å²) in [5.41, 5.74) is 0.900. The van der Waals surface area contributed by atoms with Crippen LogP contribution in [0.4, 0.5) is 0 Å². The minimum absolute atomic E-state index is 0.263. The van der Waals surface area contributed by atoms with Crippen molar-refractivity contribution in [1.82, 2.24) is 4.90 Å². The Morgan fingerprint density at radius 1 is 1.09 bits per heavy atom. The largest absolute Gasteiger partial charge is 0.379 e. The summed E-state index contributed by atoms with van der Waals surface area (Å²) in [4.78, 5) is 2.53. The van der Waals surface area contributed by atoms with Crippen LogP contribution in [0.1, 0.15) is 31.2 Å². The van der Waals surface area contributed by atoms with Gasteiger partial charge in [0.2, 0.25) is 0 Å². The molecule has 0 spiro atoms. The summed E-state index contributed by atoms with van der Waals surface area (Å²) < 4.78 is 11.7. The van der Waals surface area contributed by atoms with Gasteiger partial charge in [-0.25, -0.2) is 0 Å². The summed E-state index contributed by atoms with van der Waals surface area (Å²) >= 11 is 12.5. The lowest BCUT2D eigenvalue weighted by Crippen LogP contribution is -2.51. The molecule has 0 radical (unpaired) electrons. The van der Waals surface area contributed by atoms with Crippen LogP contribution in [0.3, 0.4) is 0 Å². The lowest BCUT2D eigenvalue weighted by Gasteiger charge is -2.41. The van der Waals surface area contributed by atoms with Crippen molar-refractivity contribution >= 4 is 23.2 Å². The summed E-state index contributed by atoms with van der Waals surface area (Å²) in [6, 6.07) is 6.10. The number of morpholine rings is 1. The highest BCUT2D eigenvalue weighted by Crippen LogP contribution is 2.30. The molecule has 3 nitrogen and oxygen atoms in total. The van der Waals surface area contributed by atoms with E-state index in [4.69, 9.17) is 32.7 Å². The Morgan fingerprint density at radius 3 is 2.50 bits per heavy atom. The van der Waals surface area contributed by atoms with Gasteiger partial charge in [-0.3, -0.25) is 4.90 Å². The fraction of sp³-hybridized carbons (Fsp3) is 0.647. The molecular weight excluding hydrogens is 321 g/mol. The second kappa shape index (κ2) is 7.98. The van der Waals surface area contributed by atoms with Gasteiger partial charge >= 0.3 is 0 Å². The Bertz CT molecular complexity index is 471. The minimum Gasteiger partial charge on any atom is -0.379 e. The van der Waals surface area contributed by atoms with Crippen molar-refractivity contribution in [3.8, 4) is 0 Å². The lowest BCUT2D eigenvalue weighted by atomic mass is 9.91. The number of rotatable bonds is 4. The van der Waals surface area contributed by atoms with E-state index in [0.29, 0.717) is 22.7 Å². The van der Waals surface area contributed by atoms with Gasteiger partial charge < -0.3 is 9.47 Å². The summed E-state index contributed by atoms with van der Waals surface area (Å²) in [6.07, 6.45) is 5.11. The number of nitrogens with zero attached hydrogens (tertiary/aromatic N) is 1. The van der Waals surface area contributed by atoms with E-state index in [9.17, 15) is 0 Å². The van der Waals surface area contributed by atoms with Crippen LogP contribution in [0, 0.1) is 0 Å². The van der Waals surface area contributed by atoms with E-state index in [1.807, 2.05) is 18.2 Å². The highest BCUT2D eigenvalue weighted by atomic mass is 35.5. The monoisotopic (exact) mass is 343 g/mol. The van der Waals surface area contributed by atoms with Crippen LogP contribution in [0.15, 0.2) is 18.2 Å². The first-order chi connectivity index (χ1) is 10.8. The zero-order valence-electron chi connectivity index (χ0n) is 12.8. The van der Waals surface area contributed by atoms with Gasteiger partial charge in [0.05, 0.1) is 25.9 Å². The van der Waals surface area contributed by atoms with Gasteiger partial charge in [0, 0.05) is 34.7 Å². The maximum Gasteiger partial charge on any atom is 0.0750 e. The van der Waals surface area contributed by atoms with Crippen LogP contribution in [0.5, 0.6) is 0 Å². The Labute approximate surface area is 142 Å². The van der Waals surface area contributed by atoms with Gasteiger partial charge in [-0.1, -0.05) is 42.1 Å². The molecule has 1 aliphatic carbocycles. The van der Waals surface area contributed by atoms with Crippen molar-refractivity contribution in [2.75, 3.05) is 26.3 Å². The third-order valence-electron chi connectivity index (χ3n) is 4.69. The van der Waals surface area contributed by atoms with Crippen molar-refractivity contribution < 1.29 is 9.47 Å². The maximum atomic E-state index is 6.25. The zero-order chi connectivity index (χ0) is 15.4. The molecule has 1 saturated heterocycles. The molecule has 0 aromatic heterocycles. The molecule has 1 heterocycles. The first kappa shape index (κ1) is 16.5. The Morgan fingerprint density at radius 2 is 1.77 bits per heavy atom. The van der Waals surface area contributed by atoms with Crippen molar-refractivity contribution in [1.29, 1.82) is 0 Å². The van der Waals surface area contributed by atoms with E-state index in [1.54, 1.807) is 0 Å². The first-order valence-electron chi connectivity index (χ1n) is 8.12. The molecule has 22 heavy (non-hydrogen) atoms. The zero-order valence-corrected chi connectivity index (χ0v) is 14.3. The predicted octanol–water partition coefficient (Wildman–Crippen LogP) is 4.15. The third kappa shape index (κ3) is 3.95. The fourth-order valence-electron chi connectivity index (χ4n) is 3.46. The van der Waals surface area contributed by atoms with Crippen LogP contribution in [0.25, 0.3) is 0 Å². The fourth-order valence-corrected chi connectivity index (χ4v) is 3.97. The molecule has 1 aliphatic heterocycles. The van der Waals surface area contributed by atoms with Gasteiger partial charge in [0.1, 0.15) is 0 Å². The molecule has 5 heteroatoms. The summed E-state index contributed by atoms with van der Waals surface area (Å²) in [7, 11) is 0. The molecule has 2 aliphatic rings. The quantitative estimate of drug-likeness (QED) is 0.819. The third-order valence-corrected chi connectivity index (χ3v) is 5.39. The van der Waals surface area contributed by atoms with Crippen molar-refractivity contribution in [3.05, 3.63) is 33.8 Å². The predicted molar refractivity (Wildman–Crippen MR) is 89.7 cm³/mol. The topological polar surface area (TPSA) is 21.7 Å². The molecular formula is C17H23Cl2NO2. The summed E-state index contributed by atoms with van der Waals surface area (Å²) in [6.45, 7) is 4.18. The molecule has 0 N–H and O–H groups in total. The Balaban J connectivity index is 1.64. The molecule has 0 bridgehead atoms. The number of benzene rings is 1. The molecule has 2 fully saturated rings. The van der Waals surface area contributed by atoms with Gasteiger partial charge in [0.25, 0.3) is 0 Å². The number of hydrogen-bond donors (Lipinski definition) is 0. The molecule has 3 rings (SSSR count). The second-order valence-corrected chi connectivity index (χ2v) is 6.86. The Hall–Kier alpha value is -0.320. The van der Waals surface area contributed by atoms with E-state index < -0.39 is 0 Å². The average molecular weight is 344 g/mol. The smallest absolute Gasteiger partial charge is 0.0750 e. The highest BCUT2D eigenvalue weighted by Gasteiger charge is 2.31.